The molecule has 215 valence electrons. The Morgan fingerprint density at radius 3 is 2.48 bits per heavy atom. The summed E-state index contributed by atoms with van der Waals surface area (Å²) in [5, 5.41) is 7.70. The summed E-state index contributed by atoms with van der Waals surface area (Å²) in [4.78, 5) is 37.1. The Morgan fingerprint density at radius 2 is 1.80 bits per heavy atom. The number of carbonyl (C=O) groups is 2. The standard InChI is InChI=1S/C28H35N7O3Si.Cu/c1-20(23-12-8-9-13-30-23)34(18-21-10-6-5-7-11-21)28(37)27(36)33-24-17-31-26(29)22-16-32-35(25(22)24)19-38-14-15-39(2,3)4;/h5-13,16-17,20H,14-15,18-19H2,1-4H3,(H2,29,31)(H,33,36);. The van der Waals surface area contributed by atoms with Crippen molar-refractivity contribution in [2.24, 2.45) is 0 Å². The van der Waals surface area contributed by atoms with Crippen LogP contribution in [0.25, 0.3) is 10.9 Å². The van der Waals surface area contributed by atoms with Crippen LogP contribution in [-0.4, -0.2) is 51.1 Å². The van der Waals surface area contributed by atoms with Gasteiger partial charge in [-0.2, -0.15) is 5.10 Å². The fourth-order valence-corrected chi connectivity index (χ4v) is 4.85. The first-order chi connectivity index (χ1) is 18.6. The van der Waals surface area contributed by atoms with Gasteiger partial charge in [-0.15, -0.1) is 0 Å². The SMILES string of the molecule is CC(c1ccccn1)N(Cc1ccccc1)C(=O)C(=O)Nc1cnc(N)c2cnn(COCC[Si](C)(C)C)c12.[Cu]. The minimum Gasteiger partial charge on any atom is -0.383 e. The van der Waals surface area contributed by atoms with E-state index in [9.17, 15) is 9.59 Å². The van der Waals surface area contributed by atoms with Crippen molar-refractivity contribution in [1.82, 2.24) is 24.6 Å². The number of aromatic nitrogens is 4. The van der Waals surface area contributed by atoms with Crippen molar-refractivity contribution in [3.63, 3.8) is 0 Å². The maximum atomic E-state index is 13.6. The number of nitrogens with zero attached hydrogens (tertiary/aromatic N) is 5. The average molecular weight is 609 g/mol. The van der Waals surface area contributed by atoms with Crippen LogP contribution < -0.4 is 11.1 Å². The second kappa shape index (κ2) is 13.7. The van der Waals surface area contributed by atoms with Crippen molar-refractivity contribution >= 4 is 42.3 Å². The van der Waals surface area contributed by atoms with Crippen molar-refractivity contribution < 1.29 is 31.4 Å². The van der Waals surface area contributed by atoms with Crippen molar-refractivity contribution in [3.05, 3.63) is 78.4 Å². The zero-order chi connectivity index (χ0) is 28.0. The number of carbonyl (C=O) groups excluding carboxylic acids is 2. The Balaban J connectivity index is 0.00000441. The molecule has 0 saturated carbocycles. The van der Waals surface area contributed by atoms with Crippen LogP contribution in [0.4, 0.5) is 11.5 Å². The topological polar surface area (TPSA) is 128 Å². The molecule has 0 fully saturated rings. The summed E-state index contributed by atoms with van der Waals surface area (Å²) in [5.74, 6) is -1.22. The Bertz CT molecular complexity index is 1430. The van der Waals surface area contributed by atoms with Crippen molar-refractivity contribution in [1.29, 1.82) is 0 Å². The molecule has 40 heavy (non-hydrogen) atoms. The van der Waals surface area contributed by atoms with Crippen molar-refractivity contribution in [2.45, 2.75) is 51.9 Å². The second-order valence-corrected chi connectivity index (χ2v) is 16.2. The van der Waals surface area contributed by atoms with E-state index in [1.165, 1.54) is 11.1 Å². The normalized spacial score (nSPS) is 12.0. The molecule has 4 rings (SSSR count). The first-order valence-electron chi connectivity index (χ1n) is 12.9. The molecule has 3 N–H and O–H groups in total. The van der Waals surface area contributed by atoms with Gasteiger partial charge in [-0.1, -0.05) is 56.0 Å². The molecule has 1 aromatic carbocycles. The van der Waals surface area contributed by atoms with Crippen molar-refractivity contribution in [2.75, 3.05) is 17.7 Å². The van der Waals surface area contributed by atoms with Crippen LogP contribution in [0.5, 0.6) is 0 Å². The fourth-order valence-electron chi connectivity index (χ4n) is 4.09. The largest absolute Gasteiger partial charge is 0.383 e. The third-order valence-corrected chi connectivity index (χ3v) is 8.10. The van der Waals surface area contributed by atoms with Gasteiger partial charge in [-0.25, -0.2) is 9.67 Å². The van der Waals surface area contributed by atoms with Gasteiger partial charge in [0, 0.05) is 44.5 Å². The zero-order valence-electron chi connectivity index (χ0n) is 23.1. The first kappa shape index (κ1) is 31.0. The van der Waals surface area contributed by atoms with E-state index in [1.54, 1.807) is 17.1 Å². The van der Waals surface area contributed by atoms with Gasteiger partial charge in [0.25, 0.3) is 0 Å². The maximum absolute atomic E-state index is 13.6. The van der Waals surface area contributed by atoms with Gasteiger partial charge >= 0.3 is 11.8 Å². The number of ether oxygens (including phenoxy) is 1. The summed E-state index contributed by atoms with van der Waals surface area (Å²) in [7, 11) is -1.25. The van der Waals surface area contributed by atoms with Gasteiger partial charge in [0.05, 0.1) is 40.7 Å². The number of amides is 2. The predicted molar refractivity (Wildman–Crippen MR) is 154 cm³/mol. The van der Waals surface area contributed by atoms with E-state index in [1.807, 2.05) is 55.5 Å². The fraction of sp³-hybridized carbons (Fsp3) is 0.321. The average Bonchev–Trinajstić information content (AvgIpc) is 3.36. The molecule has 3 heterocycles. The van der Waals surface area contributed by atoms with Gasteiger partial charge in [0.15, 0.2) is 0 Å². The molecule has 0 bridgehead atoms. The van der Waals surface area contributed by atoms with E-state index in [0.29, 0.717) is 28.9 Å². The molecule has 12 heteroatoms. The van der Waals surface area contributed by atoms with Gasteiger partial charge < -0.3 is 20.7 Å². The number of hydrogen-bond donors (Lipinski definition) is 2. The Morgan fingerprint density at radius 1 is 1.07 bits per heavy atom. The molecule has 10 nitrogen and oxygen atoms in total. The molecule has 1 atom stereocenters. The number of rotatable bonds is 10. The number of nitrogen functional groups attached to an aromatic ring is 1. The molecule has 2 amide bonds. The minimum atomic E-state index is -1.25. The number of pyridine rings is 2. The number of anilines is 2. The van der Waals surface area contributed by atoms with Gasteiger partial charge in [-0.3, -0.25) is 14.6 Å². The summed E-state index contributed by atoms with van der Waals surface area (Å²) in [5.41, 5.74) is 8.53. The molecule has 0 spiro atoms. The predicted octanol–water partition coefficient (Wildman–Crippen LogP) is 4.45. The summed E-state index contributed by atoms with van der Waals surface area (Å²) < 4.78 is 7.49. The molecule has 0 aliphatic carbocycles. The van der Waals surface area contributed by atoms with E-state index >= 15 is 0 Å². The third-order valence-electron chi connectivity index (χ3n) is 6.40. The Hall–Kier alpha value is -3.57. The number of nitrogens with one attached hydrogen (secondary N) is 1. The Kier molecular flexibility index (Phi) is 10.6. The molecule has 1 unspecified atom stereocenters. The van der Waals surface area contributed by atoms with E-state index in [2.05, 4.69) is 40.0 Å². The molecule has 0 aliphatic heterocycles. The summed E-state index contributed by atoms with van der Waals surface area (Å²) >= 11 is 0. The van der Waals surface area contributed by atoms with Crippen LogP contribution in [0.3, 0.4) is 0 Å². The smallest absolute Gasteiger partial charge is 0.314 e. The summed E-state index contributed by atoms with van der Waals surface area (Å²) in [6, 6.07) is 15.6. The van der Waals surface area contributed by atoms with Gasteiger partial charge in [0.1, 0.15) is 12.5 Å². The van der Waals surface area contributed by atoms with E-state index in [0.717, 1.165) is 11.6 Å². The minimum absolute atomic E-state index is 0. The second-order valence-electron chi connectivity index (χ2n) is 10.6. The maximum Gasteiger partial charge on any atom is 0.314 e. The molecular formula is C28H35CuN7O3Si. The van der Waals surface area contributed by atoms with Gasteiger partial charge in [0.2, 0.25) is 0 Å². The van der Waals surface area contributed by atoms with E-state index in [-0.39, 0.29) is 36.2 Å². The van der Waals surface area contributed by atoms with Crippen LogP contribution in [-0.2, 0) is 44.7 Å². The van der Waals surface area contributed by atoms with Crippen LogP contribution >= 0.6 is 0 Å². The van der Waals surface area contributed by atoms with Crippen LogP contribution in [0.2, 0.25) is 25.7 Å². The molecule has 3 aromatic heterocycles. The van der Waals surface area contributed by atoms with Crippen molar-refractivity contribution in [3.8, 4) is 0 Å². The van der Waals surface area contributed by atoms with E-state index < -0.39 is 25.9 Å². The first-order valence-corrected chi connectivity index (χ1v) is 16.6. The van der Waals surface area contributed by atoms with Crippen LogP contribution in [0, 0.1) is 0 Å². The third kappa shape index (κ3) is 7.76. The number of benzene rings is 1. The van der Waals surface area contributed by atoms with Crippen LogP contribution in [0.15, 0.2) is 67.1 Å². The quantitative estimate of drug-likeness (QED) is 0.155. The van der Waals surface area contributed by atoms with E-state index in [4.69, 9.17) is 10.5 Å². The molecule has 1 radical (unpaired) electrons. The number of hydrogen-bond acceptors (Lipinski definition) is 7. The summed E-state index contributed by atoms with van der Waals surface area (Å²) in [6.45, 7) is 9.74. The Labute approximate surface area is 245 Å². The molecular weight excluding hydrogens is 574 g/mol. The molecule has 0 aliphatic rings. The molecule has 4 aromatic rings. The van der Waals surface area contributed by atoms with Crippen LogP contribution in [0.1, 0.15) is 24.2 Å². The summed E-state index contributed by atoms with van der Waals surface area (Å²) in [6.07, 6.45) is 4.69. The number of fused-ring (bicyclic) bond motifs is 1. The zero-order valence-corrected chi connectivity index (χ0v) is 25.0. The van der Waals surface area contributed by atoms with Gasteiger partial charge in [-0.05, 0) is 30.7 Å². The monoisotopic (exact) mass is 608 g/mol. The molecule has 0 saturated heterocycles. The number of nitrogens with two attached hydrogens (primary N) is 1.